The van der Waals surface area contributed by atoms with Crippen molar-refractivity contribution < 1.29 is 0 Å². The van der Waals surface area contributed by atoms with E-state index < -0.39 is 0 Å². The third-order valence-electron chi connectivity index (χ3n) is 4.88. The van der Waals surface area contributed by atoms with Crippen LogP contribution in [0.1, 0.15) is 32.6 Å². The second-order valence-corrected chi connectivity index (χ2v) is 5.72. The molecule has 2 nitrogen and oxygen atoms in total. The van der Waals surface area contributed by atoms with E-state index in [1.165, 1.54) is 51.9 Å². The monoisotopic (exact) mass is 194 g/mol. The van der Waals surface area contributed by atoms with Gasteiger partial charge in [-0.1, -0.05) is 6.42 Å². The highest BCUT2D eigenvalue weighted by Crippen LogP contribution is 2.43. The van der Waals surface area contributed by atoms with Crippen LogP contribution in [0, 0.1) is 11.8 Å². The third kappa shape index (κ3) is 1.24. The van der Waals surface area contributed by atoms with Gasteiger partial charge in [-0.2, -0.15) is 0 Å². The molecule has 0 saturated carbocycles. The first-order valence-corrected chi connectivity index (χ1v) is 6.25. The van der Waals surface area contributed by atoms with Gasteiger partial charge in [0, 0.05) is 12.1 Å². The Labute approximate surface area is 87.0 Å². The molecule has 3 fully saturated rings. The van der Waals surface area contributed by atoms with Crippen molar-refractivity contribution in [3.63, 3.8) is 0 Å². The molecule has 0 aliphatic carbocycles. The highest BCUT2D eigenvalue weighted by atomic mass is 15.2. The van der Waals surface area contributed by atoms with Crippen molar-refractivity contribution in [2.75, 3.05) is 26.2 Å². The molecular formula is C12H22N2. The zero-order valence-corrected chi connectivity index (χ0v) is 9.26. The normalized spacial score (nSPS) is 48.6. The van der Waals surface area contributed by atoms with Crippen molar-refractivity contribution in [2.24, 2.45) is 11.8 Å². The van der Waals surface area contributed by atoms with Crippen LogP contribution in [0.4, 0.5) is 0 Å². The van der Waals surface area contributed by atoms with Crippen molar-refractivity contribution in [1.82, 2.24) is 10.2 Å². The molecule has 0 radical (unpaired) electrons. The van der Waals surface area contributed by atoms with E-state index in [4.69, 9.17) is 0 Å². The molecule has 0 spiro atoms. The number of nitrogens with zero attached hydrogens (tertiary/aromatic N) is 1. The molecule has 3 aliphatic rings. The summed E-state index contributed by atoms with van der Waals surface area (Å²) in [5.41, 5.74) is 0.544. The van der Waals surface area contributed by atoms with Crippen LogP contribution in [0.15, 0.2) is 0 Å². The number of hydrogen-bond acceptors (Lipinski definition) is 2. The summed E-state index contributed by atoms with van der Waals surface area (Å²) in [5.74, 6) is 1.87. The minimum atomic E-state index is 0.544. The topological polar surface area (TPSA) is 15.3 Å². The van der Waals surface area contributed by atoms with Gasteiger partial charge in [0.2, 0.25) is 0 Å². The summed E-state index contributed by atoms with van der Waals surface area (Å²) in [7, 11) is 0. The first kappa shape index (κ1) is 9.17. The number of fused-ring (bicyclic) bond motifs is 4. The summed E-state index contributed by atoms with van der Waals surface area (Å²) in [6.45, 7) is 7.77. The van der Waals surface area contributed by atoms with Crippen molar-refractivity contribution in [3.8, 4) is 0 Å². The average molecular weight is 194 g/mol. The summed E-state index contributed by atoms with van der Waals surface area (Å²) < 4.78 is 0. The van der Waals surface area contributed by atoms with E-state index >= 15 is 0 Å². The minimum Gasteiger partial charge on any atom is -0.316 e. The maximum absolute atomic E-state index is 3.62. The van der Waals surface area contributed by atoms with Crippen molar-refractivity contribution in [2.45, 2.75) is 38.1 Å². The molecule has 0 aromatic heterocycles. The van der Waals surface area contributed by atoms with Gasteiger partial charge in [0.1, 0.15) is 0 Å². The van der Waals surface area contributed by atoms with Gasteiger partial charge >= 0.3 is 0 Å². The Morgan fingerprint density at radius 1 is 1.29 bits per heavy atom. The number of piperidine rings is 3. The molecule has 3 aliphatic heterocycles. The Hall–Kier alpha value is -0.0800. The van der Waals surface area contributed by atoms with Crippen LogP contribution < -0.4 is 5.32 Å². The molecule has 3 saturated heterocycles. The molecule has 2 bridgehead atoms. The molecule has 0 aromatic carbocycles. The summed E-state index contributed by atoms with van der Waals surface area (Å²) in [4.78, 5) is 2.80. The smallest absolute Gasteiger partial charge is 0.0221 e. The van der Waals surface area contributed by atoms with Crippen LogP contribution in [0.3, 0.4) is 0 Å². The SMILES string of the molecule is C[C@]12CCCCN1C[C@@H]1CNC[C@H]2C1. The van der Waals surface area contributed by atoms with Crippen molar-refractivity contribution in [3.05, 3.63) is 0 Å². The molecule has 0 aromatic rings. The molecule has 3 rings (SSSR count). The van der Waals surface area contributed by atoms with Crippen molar-refractivity contribution >= 4 is 0 Å². The van der Waals surface area contributed by atoms with Gasteiger partial charge in [-0.15, -0.1) is 0 Å². The van der Waals surface area contributed by atoms with Gasteiger partial charge in [-0.25, -0.2) is 0 Å². The lowest BCUT2D eigenvalue weighted by Crippen LogP contribution is -2.64. The van der Waals surface area contributed by atoms with E-state index in [0.717, 1.165) is 11.8 Å². The summed E-state index contributed by atoms with van der Waals surface area (Å²) >= 11 is 0. The Morgan fingerprint density at radius 3 is 3.14 bits per heavy atom. The number of rotatable bonds is 0. The fraction of sp³-hybridized carbons (Fsp3) is 1.00. The Balaban J connectivity index is 1.86. The van der Waals surface area contributed by atoms with E-state index in [2.05, 4.69) is 17.1 Å². The lowest BCUT2D eigenvalue weighted by molar-refractivity contribution is -0.0581. The van der Waals surface area contributed by atoms with E-state index in [1.54, 1.807) is 0 Å². The van der Waals surface area contributed by atoms with E-state index in [9.17, 15) is 0 Å². The van der Waals surface area contributed by atoms with Crippen LogP contribution in [-0.4, -0.2) is 36.6 Å². The highest BCUT2D eigenvalue weighted by Gasteiger charge is 2.47. The largest absolute Gasteiger partial charge is 0.316 e. The van der Waals surface area contributed by atoms with Crippen LogP contribution in [0.5, 0.6) is 0 Å². The summed E-state index contributed by atoms with van der Waals surface area (Å²) in [5, 5.41) is 3.62. The fourth-order valence-corrected chi connectivity index (χ4v) is 3.92. The molecule has 0 unspecified atom stereocenters. The second-order valence-electron chi connectivity index (χ2n) is 5.72. The lowest BCUT2D eigenvalue weighted by Gasteiger charge is -2.57. The fourth-order valence-electron chi connectivity index (χ4n) is 3.92. The van der Waals surface area contributed by atoms with Gasteiger partial charge < -0.3 is 5.32 Å². The highest BCUT2D eigenvalue weighted by molar-refractivity contribution is 5.03. The number of hydrogen-bond donors (Lipinski definition) is 1. The van der Waals surface area contributed by atoms with Crippen LogP contribution in [0.2, 0.25) is 0 Å². The maximum atomic E-state index is 3.62. The lowest BCUT2D eigenvalue weighted by atomic mass is 9.68. The number of nitrogens with one attached hydrogen (secondary N) is 1. The van der Waals surface area contributed by atoms with Crippen molar-refractivity contribution in [1.29, 1.82) is 0 Å². The van der Waals surface area contributed by atoms with E-state index in [0.29, 0.717) is 5.54 Å². The Bertz CT molecular complexity index is 222. The summed E-state index contributed by atoms with van der Waals surface area (Å²) in [6.07, 6.45) is 5.81. The predicted molar refractivity (Wildman–Crippen MR) is 58.3 cm³/mol. The second kappa shape index (κ2) is 3.21. The standard InChI is InChI=1S/C12H22N2/c1-12-4-2-3-5-14(12)9-10-6-11(12)8-13-7-10/h10-11,13H,2-9H2,1H3/t10-,11+,12+/m0/s1. The van der Waals surface area contributed by atoms with E-state index in [-0.39, 0.29) is 0 Å². The zero-order chi connectivity index (χ0) is 9.60. The van der Waals surface area contributed by atoms with Crippen LogP contribution in [-0.2, 0) is 0 Å². The zero-order valence-electron chi connectivity index (χ0n) is 9.26. The van der Waals surface area contributed by atoms with Crippen LogP contribution >= 0.6 is 0 Å². The van der Waals surface area contributed by atoms with Gasteiger partial charge in [0.05, 0.1) is 0 Å². The molecule has 14 heavy (non-hydrogen) atoms. The average Bonchev–Trinajstić information content (AvgIpc) is 2.21. The molecule has 3 heterocycles. The predicted octanol–water partition coefficient (Wildman–Crippen LogP) is 1.47. The quantitative estimate of drug-likeness (QED) is 0.628. The molecule has 0 amide bonds. The van der Waals surface area contributed by atoms with Gasteiger partial charge in [-0.05, 0) is 57.7 Å². The molecule has 2 heteroatoms. The van der Waals surface area contributed by atoms with Gasteiger partial charge in [-0.3, -0.25) is 4.90 Å². The maximum Gasteiger partial charge on any atom is 0.0221 e. The third-order valence-corrected chi connectivity index (χ3v) is 4.88. The Kier molecular flexibility index (Phi) is 2.10. The van der Waals surface area contributed by atoms with Crippen LogP contribution in [0.25, 0.3) is 0 Å². The minimum absolute atomic E-state index is 0.544. The van der Waals surface area contributed by atoms with Gasteiger partial charge in [0.15, 0.2) is 0 Å². The molecule has 1 N–H and O–H groups in total. The van der Waals surface area contributed by atoms with Gasteiger partial charge in [0.25, 0.3) is 0 Å². The van der Waals surface area contributed by atoms with E-state index in [1.807, 2.05) is 0 Å². The molecular weight excluding hydrogens is 172 g/mol. The molecule has 3 atom stereocenters. The molecule has 80 valence electrons. The first-order chi connectivity index (χ1) is 6.79. The Morgan fingerprint density at radius 2 is 2.21 bits per heavy atom. The first-order valence-electron chi connectivity index (χ1n) is 6.25. The summed E-state index contributed by atoms with van der Waals surface area (Å²) in [6, 6.07) is 0.